The SMILES string of the molecule is C1=CCc2sc(-c3ccccn3)cc2C=C1. The predicted molar refractivity (Wildman–Crippen MR) is 69.4 cm³/mol. The molecule has 1 nitrogen and oxygen atoms in total. The van der Waals surface area contributed by atoms with Gasteiger partial charge in [-0.1, -0.05) is 30.4 Å². The molecule has 2 heterocycles. The van der Waals surface area contributed by atoms with Gasteiger partial charge in [0.25, 0.3) is 0 Å². The second kappa shape index (κ2) is 4.06. The minimum Gasteiger partial charge on any atom is -0.255 e. The molecule has 1 aliphatic rings. The Bertz CT molecular complexity index is 549. The molecule has 0 radical (unpaired) electrons. The second-order valence-electron chi connectivity index (χ2n) is 3.70. The number of thiophene rings is 1. The van der Waals surface area contributed by atoms with Crippen molar-refractivity contribution in [3.63, 3.8) is 0 Å². The first-order valence-electron chi connectivity index (χ1n) is 5.31. The Morgan fingerprint density at radius 1 is 1.19 bits per heavy atom. The van der Waals surface area contributed by atoms with Crippen LogP contribution in [0.4, 0.5) is 0 Å². The van der Waals surface area contributed by atoms with E-state index in [4.69, 9.17) is 0 Å². The molecular weight excluding hydrogens is 214 g/mol. The van der Waals surface area contributed by atoms with Crippen molar-refractivity contribution in [2.75, 3.05) is 0 Å². The summed E-state index contributed by atoms with van der Waals surface area (Å²) in [7, 11) is 0. The summed E-state index contributed by atoms with van der Waals surface area (Å²) in [6.45, 7) is 0. The highest BCUT2D eigenvalue weighted by atomic mass is 32.1. The Morgan fingerprint density at radius 2 is 2.19 bits per heavy atom. The van der Waals surface area contributed by atoms with Crippen molar-refractivity contribution in [2.45, 2.75) is 6.42 Å². The maximum Gasteiger partial charge on any atom is 0.0801 e. The molecule has 0 aliphatic heterocycles. The lowest BCUT2D eigenvalue weighted by atomic mass is 10.2. The Labute approximate surface area is 98.8 Å². The van der Waals surface area contributed by atoms with Gasteiger partial charge in [-0.15, -0.1) is 11.3 Å². The summed E-state index contributed by atoms with van der Waals surface area (Å²) in [5, 5.41) is 0. The maximum absolute atomic E-state index is 4.38. The van der Waals surface area contributed by atoms with E-state index in [0.717, 1.165) is 12.1 Å². The van der Waals surface area contributed by atoms with Crippen LogP contribution in [0.25, 0.3) is 16.6 Å². The molecule has 0 amide bonds. The molecule has 0 saturated heterocycles. The minimum absolute atomic E-state index is 1.03. The van der Waals surface area contributed by atoms with E-state index in [9.17, 15) is 0 Å². The first-order valence-corrected chi connectivity index (χ1v) is 6.12. The van der Waals surface area contributed by atoms with Gasteiger partial charge < -0.3 is 0 Å². The third-order valence-corrected chi connectivity index (χ3v) is 3.78. The van der Waals surface area contributed by atoms with E-state index in [2.05, 4.69) is 41.4 Å². The van der Waals surface area contributed by atoms with Crippen molar-refractivity contribution in [1.29, 1.82) is 0 Å². The van der Waals surface area contributed by atoms with E-state index in [1.807, 2.05) is 29.7 Å². The lowest BCUT2D eigenvalue weighted by Crippen LogP contribution is -1.75. The summed E-state index contributed by atoms with van der Waals surface area (Å²) in [6, 6.07) is 8.27. The fourth-order valence-electron chi connectivity index (χ4n) is 1.79. The average molecular weight is 225 g/mol. The summed E-state index contributed by atoms with van der Waals surface area (Å²) >= 11 is 1.84. The molecule has 0 fully saturated rings. The zero-order valence-corrected chi connectivity index (χ0v) is 9.58. The standard InChI is InChI=1S/C14H11NS/c1-2-6-11-10-14(16-13(11)8-3-1)12-7-4-5-9-15-12/h1-7,9-10H,8H2. The monoisotopic (exact) mass is 225 g/mol. The third-order valence-electron chi connectivity index (χ3n) is 2.59. The number of fused-ring (bicyclic) bond motifs is 1. The predicted octanol–water partition coefficient (Wildman–Crippen LogP) is 3.94. The van der Waals surface area contributed by atoms with Crippen LogP contribution in [0, 0.1) is 0 Å². The number of pyridine rings is 1. The molecule has 0 N–H and O–H groups in total. The van der Waals surface area contributed by atoms with Crippen LogP contribution < -0.4 is 0 Å². The van der Waals surface area contributed by atoms with Crippen LogP contribution in [0.3, 0.4) is 0 Å². The molecule has 0 aromatic carbocycles. The van der Waals surface area contributed by atoms with Crippen molar-refractivity contribution in [2.24, 2.45) is 0 Å². The Morgan fingerprint density at radius 3 is 3.06 bits per heavy atom. The fourth-order valence-corrected chi connectivity index (χ4v) is 2.89. The highest BCUT2D eigenvalue weighted by Crippen LogP contribution is 2.32. The Hall–Kier alpha value is -1.67. The number of nitrogens with zero attached hydrogens (tertiary/aromatic N) is 1. The number of allylic oxidation sites excluding steroid dienone is 3. The Balaban J connectivity index is 2.06. The van der Waals surface area contributed by atoms with Gasteiger partial charge in [0.2, 0.25) is 0 Å². The molecule has 16 heavy (non-hydrogen) atoms. The third kappa shape index (κ3) is 1.72. The zero-order valence-electron chi connectivity index (χ0n) is 8.76. The minimum atomic E-state index is 1.03. The van der Waals surface area contributed by atoms with Crippen LogP contribution in [0.15, 0.2) is 48.7 Å². The summed E-state index contributed by atoms with van der Waals surface area (Å²) < 4.78 is 0. The first-order chi connectivity index (χ1) is 7.93. The molecule has 0 atom stereocenters. The summed E-state index contributed by atoms with van der Waals surface area (Å²) in [4.78, 5) is 7.06. The van der Waals surface area contributed by atoms with Crippen molar-refractivity contribution < 1.29 is 0 Å². The van der Waals surface area contributed by atoms with E-state index in [0.29, 0.717) is 0 Å². The highest BCUT2D eigenvalue weighted by Gasteiger charge is 2.09. The van der Waals surface area contributed by atoms with E-state index >= 15 is 0 Å². The van der Waals surface area contributed by atoms with Crippen LogP contribution in [0.5, 0.6) is 0 Å². The fraction of sp³-hybridized carbons (Fsp3) is 0.0714. The molecule has 3 rings (SSSR count). The molecule has 1 aliphatic carbocycles. The van der Waals surface area contributed by atoms with Gasteiger partial charge in [0, 0.05) is 17.5 Å². The summed E-state index contributed by atoms with van der Waals surface area (Å²) in [5.74, 6) is 0. The molecule has 0 saturated carbocycles. The highest BCUT2D eigenvalue weighted by molar-refractivity contribution is 7.15. The maximum atomic E-state index is 4.38. The molecule has 2 heteroatoms. The number of aromatic nitrogens is 1. The number of rotatable bonds is 1. The van der Waals surface area contributed by atoms with E-state index < -0.39 is 0 Å². The quantitative estimate of drug-likeness (QED) is 0.716. The molecule has 2 aromatic heterocycles. The van der Waals surface area contributed by atoms with Crippen molar-refractivity contribution >= 4 is 17.4 Å². The van der Waals surface area contributed by atoms with Gasteiger partial charge in [-0.2, -0.15) is 0 Å². The molecule has 0 spiro atoms. The lowest BCUT2D eigenvalue weighted by Gasteiger charge is -1.93. The van der Waals surface area contributed by atoms with Crippen LogP contribution in [-0.2, 0) is 6.42 Å². The number of hydrogen-bond acceptors (Lipinski definition) is 2. The molecule has 0 unspecified atom stereocenters. The van der Waals surface area contributed by atoms with Gasteiger partial charge in [-0.3, -0.25) is 4.98 Å². The Kier molecular flexibility index (Phi) is 2.43. The lowest BCUT2D eigenvalue weighted by molar-refractivity contribution is 1.34. The molecule has 78 valence electrons. The van der Waals surface area contributed by atoms with Crippen molar-refractivity contribution in [3.8, 4) is 10.6 Å². The normalized spacial score (nSPS) is 13.5. The van der Waals surface area contributed by atoms with Gasteiger partial charge in [0.15, 0.2) is 0 Å². The smallest absolute Gasteiger partial charge is 0.0801 e. The van der Waals surface area contributed by atoms with Crippen LogP contribution in [0.2, 0.25) is 0 Å². The van der Waals surface area contributed by atoms with E-state index in [1.165, 1.54) is 15.3 Å². The van der Waals surface area contributed by atoms with Gasteiger partial charge in [0.05, 0.1) is 10.6 Å². The molecule has 2 aromatic rings. The van der Waals surface area contributed by atoms with Crippen LogP contribution in [-0.4, -0.2) is 4.98 Å². The first kappa shape index (κ1) is 9.55. The number of hydrogen-bond donors (Lipinski definition) is 0. The van der Waals surface area contributed by atoms with Crippen LogP contribution in [0.1, 0.15) is 10.4 Å². The average Bonchev–Trinajstić information content (AvgIpc) is 2.62. The topological polar surface area (TPSA) is 12.9 Å². The largest absolute Gasteiger partial charge is 0.255 e. The summed E-state index contributed by atoms with van der Waals surface area (Å²) in [6.07, 6.45) is 11.4. The molecular formula is C14H11NS. The second-order valence-corrected chi connectivity index (χ2v) is 4.83. The van der Waals surface area contributed by atoms with Crippen molar-refractivity contribution in [1.82, 2.24) is 4.98 Å². The van der Waals surface area contributed by atoms with Gasteiger partial charge in [0.1, 0.15) is 0 Å². The zero-order chi connectivity index (χ0) is 10.8. The summed E-state index contributed by atoms with van der Waals surface area (Å²) in [5.41, 5.74) is 2.40. The van der Waals surface area contributed by atoms with E-state index in [1.54, 1.807) is 0 Å². The van der Waals surface area contributed by atoms with Gasteiger partial charge in [-0.05, 0) is 23.8 Å². The van der Waals surface area contributed by atoms with E-state index in [-0.39, 0.29) is 0 Å². The molecule has 0 bridgehead atoms. The van der Waals surface area contributed by atoms with Crippen LogP contribution >= 0.6 is 11.3 Å². The van der Waals surface area contributed by atoms with Crippen molar-refractivity contribution in [3.05, 3.63) is 59.1 Å². The van der Waals surface area contributed by atoms with Gasteiger partial charge >= 0.3 is 0 Å². The van der Waals surface area contributed by atoms with Gasteiger partial charge in [-0.25, -0.2) is 0 Å².